The van der Waals surface area contributed by atoms with Gasteiger partial charge in [-0.1, -0.05) is 30.3 Å². The van der Waals surface area contributed by atoms with Crippen molar-refractivity contribution in [3.63, 3.8) is 0 Å². The number of hydrogen-bond acceptors (Lipinski definition) is 3. The van der Waals surface area contributed by atoms with Crippen molar-refractivity contribution < 1.29 is 0 Å². The summed E-state index contributed by atoms with van der Waals surface area (Å²) in [5.41, 5.74) is 2.74. The molecule has 0 unspecified atom stereocenters. The Morgan fingerprint density at radius 2 is 1.79 bits per heavy atom. The summed E-state index contributed by atoms with van der Waals surface area (Å²) in [6, 6.07) is 10.5. The summed E-state index contributed by atoms with van der Waals surface area (Å²) in [5, 5.41) is 4.61. The van der Waals surface area contributed by atoms with E-state index in [1.807, 2.05) is 11.3 Å². The number of nitrogens with zero attached hydrogens (tertiary/aromatic N) is 1. The van der Waals surface area contributed by atoms with Crippen LogP contribution in [0, 0.1) is 0 Å². The summed E-state index contributed by atoms with van der Waals surface area (Å²) >= 11 is 1.90. The first kappa shape index (κ1) is 11.5. The van der Waals surface area contributed by atoms with Crippen LogP contribution in [0.5, 0.6) is 0 Å². The van der Waals surface area contributed by atoms with Crippen molar-refractivity contribution in [1.29, 1.82) is 0 Å². The van der Waals surface area contributed by atoms with Crippen LogP contribution >= 0.6 is 11.3 Å². The minimum atomic E-state index is 0.753. The van der Waals surface area contributed by atoms with Crippen LogP contribution in [-0.4, -0.2) is 4.98 Å². The molecular formula is C16H18N2S. The number of hydrogen-bond donors (Lipinski definition) is 1. The maximum Gasteiger partial charge on any atom is 0.183 e. The zero-order chi connectivity index (χ0) is 12.7. The standard InChI is InChI=1S/C16H18N2S/c1-2-4-11(5-3-1)10-17-16-18-14-12-6-8-13(9-7-12)15(14)19-16/h1-5,12-13H,6-10H2,(H,17,18). The molecule has 3 aliphatic rings. The van der Waals surface area contributed by atoms with Crippen molar-refractivity contribution in [3.8, 4) is 0 Å². The Hall–Kier alpha value is -1.35. The quantitative estimate of drug-likeness (QED) is 0.887. The molecule has 1 saturated carbocycles. The number of benzene rings is 1. The van der Waals surface area contributed by atoms with Crippen LogP contribution in [0.4, 0.5) is 5.13 Å². The van der Waals surface area contributed by atoms with Crippen LogP contribution < -0.4 is 5.32 Å². The topological polar surface area (TPSA) is 24.9 Å². The van der Waals surface area contributed by atoms with Crippen LogP contribution in [0.2, 0.25) is 0 Å². The molecular weight excluding hydrogens is 252 g/mol. The van der Waals surface area contributed by atoms with E-state index in [9.17, 15) is 0 Å². The van der Waals surface area contributed by atoms with Crippen LogP contribution in [0.3, 0.4) is 0 Å². The molecule has 1 heterocycles. The molecule has 2 nitrogen and oxygen atoms in total. The van der Waals surface area contributed by atoms with Crippen molar-refractivity contribution in [2.45, 2.75) is 44.1 Å². The summed E-state index contributed by atoms with van der Waals surface area (Å²) in [7, 11) is 0. The molecule has 0 radical (unpaired) electrons. The summed E-state index contributed by atoms with van der Waals surface area (Å²) in [6.07, 6.45) is 5.50. The lowest BCUT2D eigenvalue weighted by Crippen LogP contribution is -2.20. The van der Waals surface area contributed by atoms with Gasteiger partial charge in [0.1, 0.15) is 0 Å². The third kappa shape index (κ3) is 2.06. The van der Waals surface area contributed by atoms with Crippen molar-refractivity contribution in [2.24, 2.45) is 0 Å². The molecule has 5 rings (SSSR count). The van der Waals surface area contributed by atoms with Gasteiger partial charge in [0.05, 0.1) is 5.69 Å². The minimum Gasteiger partial charge on any atom is -0.357 e. The Morgan fingerprint density at radius 1 is 1.05 bits per heavy atom. The van der Waals surface area contributed by atoms with Gasteiger partial charge in [-0.15, -0.1) is 11.3 Å². The van der Waals surface area contributed by atoms with E-state index in [1.54, 1.807) is 4.88 Å². The van der Waals surface area contributed by atoms with E-state index in [0.717, 1.165) is 23.5 Å². The summed E-state index contributed by atoms with van der Waals surface area (Å²) in [6.45, 7) is 0.878. The lowest BCUT2D eigenvalue weighted by molar-refractivity contribution is 0.358. The van der Waals surface area contributed by atoms with Gasteiger partial charge in [-0.25, -0.2) is 4.98 Å². The molecule has 2 bridgehead atoms. The SMILES string of the molecule is c1ccc(CNc2nc3c(s2)C2CCC3CC2)cc1. The van der Waals surface area contributed by atoms with Gasteiger partial charge in [-0.05, 0) is 37.2 Å². The van der Waals surface area contributed by atoms with Gasteiger partial charge < -0.3 is 5.32 Å². The van der Waals surface area contributed by atoms with Crippen LogP contribution in [0.25, 0.3) is 0 Å². The molecule has 3 aliphatic carbocycles. The molecule has 0 atom stereocenters. The highest BCUT2D eigenvalue weighted by Crippen LogP contribution is 2.51. The first-order chi connectivity index (χ1) is 9.40. The fourth-order valence-corrected chi connectivity index (χ4v) is 4.62. The fraction of sp³-hybridized carbons (Fsp3) is 0.438. The van der Waals surface area contributed by atoms with E-state index >= 15 is 0 Å². The third-order valence-corrected chi connectivity index (χ3v) is 5.64. The van der Waals surface area contributed by atoms with E-state index in [1.165, 1.54) is 36.9 Å². The number of fused-ring (bicyclic) bond motifs is 2. The van der Waals surface area contributed by atoms with Gasteiger partial charge in [-0.2, -0.15) is 0 Å². The first-order valence-electron chi connectivity index (χ1n) is 7.18. The van der Waals surface area contributed by atoms with Crippen LogP contribution in [-0.2, 0) is 6.54 Å². The third-order valence-electron chi connectivity index (χ3n) is 4.45. The smallest absolute Gasteiger partial charge is 0.183 e. The molecule has 2 aromatic rings. The molecule has 0 spiro atoms. The Kier molecular flexibility index (Phi) is 2.80. The van der Waals surface area contributed by atoms with Crippen molar-refractivity contribution in [3.05, 3.63) is 46.5 Å². The number of aromatic nitrogens is 1. The highest BCUT2D eigenvalue weighted by Gasteiger charge is 2.36. The Morgan fingerprint density at radius 3 is 2.53 bits per heavy atom. The summed E-state index contributed by atoms with van der Waals surface area (Å²) < 4.78 is 0. The molecule has 1 aromatic carbocycles. The molecule has 0 amide bonds. The second-order valence-corrected chi connectivity index (χ2v) is 6.69. The van der Waals surface area contributed by atoms with E-state index in [-0.39, 0.29) is 0 Å². The lowest BCUT2D eigenvalue weighted by atomic mass is 9.73. The van der Waals surface area contributed by atoms with E-state index in [2.05, 4.69) is 35.6 Å². The first-order valence-corrected chi connectivity index (χ1v) is 8.00. The monoisotopic (exact) mass is 270 g/mol. The Balaban J connectivity index is 1.53. The summed E-state index contributed by atoms with van der Waals surface area (Å²) in [4.78, 5) is 6.44. The average molecular weight is 270 g/mol. The maximum atomic E-state index is 4.86. The summed E-state index contributed by atoms with van der Waals surface area (Å²) in [5.74, 6) is 1.56. The highest BCUT2D eigenvalue weighted by molar-refractivity contribution is 7.15. The fourth-order valence-electron chi connectivity index (χ4n) is 3.41. The van der Waals surface area contributed by atoms with E-state index < -0.39 is 0 Å². The van der Waals surface area contributed by atoms with Crippen LogP contribution in [0.15, 0.2) is 30.3 Å². The van der Waals surface area contributed by atoms with Gasteiger partial charge in [0.15, 0.2) is 5.13 Å². The van der Waals surface area contributed by atoms with Gasteiger partial charge in [0, 0.05) is 17.3 Å². The maximum absolute atomic E-state index is 4.86. The number of anilines is 1. The molecule has 19 heavy (non-hydrogen) atoms. The zero-order valence-electron chi connectivity index (χ0n) is 10.9. The predicted octanol–water partition coefficient (Wildman–Crippen LogP) is 4.51. The van der Waals surface area contributed by atoms with E-state index in [0.29, 0.717) is 0 Å². The van der Waals surface area contributed by atoms with E-state index in [4.69, 9.17) is 4.98 Å². The normalized spacial score (nSPS) is 24.2. The molecule has 98 valence electrons. The van der Waals surface area contributed by atoms with Gasteiger partial charge in [-0.3, -0.25) is 0 Å². The van der Waals surface area contributed by atoms with Gasteiger partial charge in [0.2, 0.25) is 0 Å². The predicted molar refractivity (Wildman–Crippen MR) is 79.8 cm³/mol. The highest BCUT2D eigenvalue weighted by atomic mass is 32.1. The van der Waals surface area contributed by atoms with Crippen LogP contribution in [0.1, 0.15) is 53.7 Å². The molecule has 1 N–H and O–H groups in total. The van der Waals surface area contributed by atoms with Gasteiger partial charge in [0.25, 0.3) is 0 Å². The van der Waals surface area contributed by atoms with Crippen molar-refractivity contribution in [2.75, 3.05) is 5.32 Å². The number of nitrogens with one attached hydrogen (secondary N) is 1. The minimum absolute atomic E-state index is 0.753. The average Bonchev–Trinajstić information content (AvgIpc) is 2.93. The lowest BCUT2D eigenvalue weighted by Gasteiger charge is -2.34. The number of thiazole rings is 1. The second kappa shape index (κ2) is 4.64. The molecule has 3 heteroatoms. The van der Waals surface area contributed by atoms with Gasteiger partial charge >= 0.3 is 0 Å². The molecule has 0 saturated heterocycles. The Bertz CT molecular complexity index is 538. The van der Waals surface area contributed by atoms with Crippen molar-refractivity contribution >= 4 is 16.5 Å². The molecule has 0 aliphatic heterocycles. The molecule has 1 aromatic heterocycles. The Labute approximate surface area is 117 Å². The van der Waals surface area contributed by atoms with Crippen molar-refractivity contribution in [1.82, 2.24) is 4.98 Å². The molecule has 1 fully saturated rings. The second-order valence-electron chi connectivity index (χ2n) is 5.66. The number of rotatable bonds is 3. The largest absolute Gasteiger partial charge is 0.357 e. The zero-order valence-corrected chi connectivity index (χ0v) is 11.7.